The normalized spacial score (nSPS) is 6.00. The number of aliphatic hydroxyl groups excluding tert-OH is 2. The van der Waals surface area contributed by atoms with Gasteiger partial charge in [-0.1, -0.05) is 6.92 Å². The molecule has 0 fully saturated rings. The van der Waals surface area contributed by atoms with Crippen LogP contribution in [0.3, 0.4) is 0 Å². The first-order valence-corrected chi connectivity index (χ1v) is 1.97. The molecular formula is C4H12O2. The molecule has 0 aromatic rings. The smallest absolute Gasteiger partial charge is 0.0428 e. The van der Waals surface area contributed by atoms with Gasteiger partial charge in [0.1, 0.15) is 0 Å². The number of rotatable bonds is 1. The van der Waals surface area contributed by atoms with Crippen molar-refractivity contribution >= 4 is 0 Å². The van der Waals surface area contributed by atoms with Crippen molar-refractivity contribution in [2.75, 3.05) is 13.7 Å². The molecule has 2 nitrogen and oxygen atoms in total. The summed E-state index contributed by atoms with van der Waals surface area (Å²) in [4.78, 5) is 0. The summed E-state index contributed by atoms with van der Waals surface area (Å²) in [5.74, 6) is 0. The first-order chi connectivity index (χ1) is 2.91. The zero-order valence-electron chi connectivity index (χ0n) is 4.31. The second-order valence-corrected chi connectivity index (χ2v) is 0.724. The highest BCUT2D eigenvalue weighted by atomic mass is 16.3. The van der Waals surface area contributed by atoms with Crippen LogP contribution in [0.25, 0.3) is 0 Å². The molecule has 6 heavy (non-hydrogen) atoms. The average molecular weight is 92.1 g/mol. The molecule has 2 heteroatoms. The van der Waals surface area contributed by atoms with Gasteiger partial charge in [0.2, 0.25) is 0 Å². The predicted molar refractivity (Wildman–Crippen MR) is 25.5 cm³/mol. The van der Waals surface area contributed by atoms with E-state index in [-0.39, 0.29) is 0 Å². The lowest BCUT2D eigenvalue weighted by Crippen LogP contribution is -1.69. The molecule has 0 aliphatic carbocycles. The summed E-state index contributed by atoms with van der Waals surface area (Å²) in [7, 11) is 1.00. The molecule has 0 aliphatic rings. The first-order valence-electron chi connectivity index (χ1n) is 1.97. The van der Waals surface area contributed by atoms with Gasteiger partial charge in [-0.05, 0) is 6.42 Å². The van der Waals surface area contributed by atoms with Gasteiger partial charge in [0.25, 0.3) is 0 Å². The fourth-order valence-corrected chi connectivity index (χ4v) is 0. The summed E-state index contributed by atoms with van der Waals surface area (Å²) < 4.78 is 0. The Bertz CT molecular complexity index is 7.51. The zero-order chi connectivity index (χ0) is 5.41. The summed E-state index contributed by atoms with van der Waals surface area (Å²) in [5, 5.41) is 14.9. The Morgan fingerprint density at radius 2 is 1.50 bits per heavy atom. The van der Waals surface area contributed by atoms with Gasteiger partial charge in [-0.3, -0.25) is 0 Å². The van der Waals surface area contributed by atoms with Gasteiger partial charge in [-0.25, -0.2) is 0 Å². The van der Waals surface area contributed by atoms with Gasteiger partial charge in [0.05, 0.1) is 0 Å². The summed E-state index contributed by atoms with van der Waals surface area (Å²) in [6.45, 7) is 2.25. The second-order valence-electron chi connectivity index (χ2n) is 0.724. The minimum atomic E-state index is 0.319. The fourth-order valence-electron chi connectivity index (χ4n) is 0. The van der Waals surface area contributed by atoms with E-state index in [2.05, 4.69) is 0 Å². The molecule has 2 N–H and O–H groups in total. The maximum absolute atomic E-state index is 7.88. The molecule has 0 aromatic heterocycles. The van der Waals surface area contributed by atoms with Crippen LogP contribution in [0.5, 0.6) is 0 Å². The van der Waals surface area contributed by atoms with E-state index in [4.69, 9.17) is 10.2 Å². The quantitative estimate of drug-likeness (QED) is 0.478. The molecule has 0 radical (unpaired) electrons. The van der Waals surface area contributed by atoms with Crippen LogP contribution in [0.2, 0.25) is 0 Å². The molecular weight excluding hydrogens is 80.0 g/mol. The lowest BCUT2D eigenvalue weighted by atomic mass is 10.5. The average Bonchev–Trinajstić information content (AvgIpc) is 1.72. The summed E-state index contributed by atoms with van der Waals surface area (Å²) >= 11 is 0. The summed E-state index contributed by atoms with van der Waals surface area (Å²) in [6.07, 6.45) is 0.875. The number of hydrogen-bond donors (Lipinski definition) is 2. The maximum atomic E-state index is 7.88. The maximum Gasteiger partial charge on any atom is 0.0428 e. The highest BCUT2D eigenvalue weighted by Crippen LogP contribution is 1.61. The van der Waals surface area contributed by atoms with Crippen molar-refractivity contribution in [1.29, 1.82) is 0 Å². The predicted octanol–water partition coefficient (Wildman–Crippen LogP) is -0.00280. The first kappa shape index (κ1) is 9.33. The van der Waals surface area contributed by atoms with E-state index in [1.165, 1.54) is 0 Å². The number of aliphatic hydroxyl groups is 2. The molecule has 0 saturated heterocycles. The Labute approximate surface area is 38.4 Å². The number of hydrogen-bond acceptors (Lipinski definition) is 2. The Kier molecular flexibility index (Phi) is 31.9. The van der Waals surface area contributed by atoms with Crippen LogP contribution in [0.4, 0.5) is 0 Å². The molecule has 0 aliphatic heterocycles. The molecule has 0 unspecified atom stereocenters. The Balaban J connectivity index is 0. The summed E-state index contributed by atoms with van der Waals surface area (Å²) in [6, 6.07) is 0. The molecule has 0 aromatic carbocycles. The van der Waals surface area contributed by atoms with Crippen LogP contribution in [-0.2, 0) is 0 Å². The minimum Gasteiger partial charge on any atom is -0.400 e. The van der Waals surface area contributed by atoms with Crippen molar-refractivity contribution < 1.29 is 10.2 Å². The van der Waals surface area contributed by atoms with E-state index in [0.717, 1.165) is 13.5 Å². The fraction of sp³-hybridized carbons (Fsp3) is 1.00. The SMILES string of the molecule is CCCO.CO. The van der Waals surface area contributed by atoms with E-state index in [0.29, 0.717) is 6.61 Å². The van der Waals surface area contributed by atoms with Crippen molar-refractivity contribution in [1.82, 2.24) is 0 Å². The van der Waals surface area contributed by atoms with Crippen LogP contribution >= 0.6 is 0 Å². The van der Waals surface area contributed by atoms with Crippen LogP contribution in [0, 0.1) is 0 Å². The van der Waals surface area contributed by atoms with Gasteiger partial charge < -0.3 is 10.2 Å². The molecule has 0 atom stereocenters. The lowest BCUT2D eigenvalue weighted by molar-refractivity contribution is 0.295. The van der Waals surface area contributed by atoms with Crippen molar-refractivity contribution in [3.05, 3.63) is 0 Å². The van der Waals surface area contributed by atoms with Gasteiger partial charge in [0.15, 0.2) is 0 Å². The monoisotopic (exact) mass is 92.1 g/mol. The topological polar surface area (TPSA) is 40.5 Å². The van der Waals surface area contributed by atoms with Crippen molar-refractivity contribution in [3.63, 3.8) is 0 Å². The van der Waals surface area contributed by atoms with E-state index < -0.39 is 0 Å². The second kappa shape index (κ2) is 20.5. The standard InChI is InChI=1S/C3H8O.CH4O/c1-2-3-4;1-2/h4H,2-3H2,1H3;2H,1H3. The van der Waals surface area contributed by atoms with E-state index >= 15 is 0 Å². The molecule has 40 valence electrons. The van der Waals surface area contributed by atoms with Crippen LogP contribution in [0.15, 0.2) is 0 Å². The minimum absolute atomic E-state index is 0.319. The lowest BCUT2D eigenvalue weighted by Gasteiger charge is -1.69. The van der Waals surface area contributed by atoms with E-state index in [1.54, 1.807) is 0 Å². The molecule has 0 spiro atoms. The van der Waals surface area contributed by atoms with Crippen LogP contribution in [0.1, 0.15) is 13.3 Å². The zero-order valence-corrected chi connectivity index (χ0v) is 4.31. The molecule has 0 bridgehead atoms. The highest BCUT2D eigenvalue weighted by Gasteiger charge is 1.57. The van der Waals surface area contributed by atoms with Crippen molar-refractivity contribution in [2.45, 2.75) is 13.3 Å². The van der Waals surface area contributed by atoms with E-state index in [9.17, 15) is 0 Å². The Hall–Kier alpha value is -0.0800. The third-order valence-electron chi connectivity index (χ3n) is 0.224. The van der Waals surface area contributed by atoms with Gasteiger partial charge in [-0.15, -0.1) is 0 Å². The molecule has 0 saturated carbocycles. The third-order valence-corrected chi connectivity index (χ3v) is 0.224. The largest absolute Gasteiger partial charge is 0.400 e. The van der Waals surface area contributed by atoms with Gasteiger partial charge >= 0.3 is 0 Å². The van der Waals surface area contributed by atoms with Gasteiger partial charge in [-0.2, -0.15) is 0 Å². The Morgan fingerprint density at radius 1 is 1.33 bits per heavy atom. The van der Waals surface area contributed by atoms with E-state index in [1.807, 2.05) is 6.92 Å². The Morgan fingerprint density at radius 3 is 1.50 bits per heavy atom. The molecule has 0 rings (SSSR count). The van der Waals surface area contributed by atoms with Crippen LogP contribution < -0.4 is 0 Å². The third kappa shape index (κ3) is 39.5. The van der Waals surface area contributed by atoms with Crippen molar-refractivity contribution in [3.8, 4) is 0 Å². The van der Waals surface area contributed by atoms with Gasteiger partial charge in [0, 0.05) is 13.7 Å². The molecule has 0 amide bonds. The van der Waals surface area contributed by atoms with Crippen LogP contribution in [-0.4, -0.2) is 23.9 Å². The summed E-state index contributed by atoms with van der Waals surface area (Å²) in [5.41, 5.74) is 0. The molecule has 0 heterocycles. The van der Waals surface area contributed by atoms with Crippen molar-refractivity contribution in [2.24, 2.45) is 0 Å². The highest BCUT2D eigenvalue weighted by molar-refractivity contribution is 4.10.